The number of nitrogens with two attached hydrogens (primary N) is 1. The minimum atomic E-state index is -0.169. The Labute approximate surface area is 82.5 Å². The largest absolute Gasteiger partial charge is 0.454 e. The molecule has 1 aliphatic carbocycles. The molecule has 0 aliphatic heterocycles. The number of amides is 1. The molecule has 14 heavy (non-hydrogen) atoms. The van der Waals surface area contributed by atoms with E-state index in [4.69, 9.17) is 10.2 Å². The lowest BCUT2D eigenvalue weighted by molar-refractivity contribution is 0.0921. The van der Waals surface area contributed by atoms with Gasteiger partial charge in [-0.1, -0.05) is 0 Å². The predicted octanol–water partition coefficient (Wildman–Crippen LogP) is 1.19. The molecule has 1 aliphatic rings. The van der Waals surface area contributed by atoms with Crippen molar-refractivity contribution in [2.75, 3.05) is 0 Å². The molecule has 1 amide bonds. The first-order valence-corrected chi connectivity index (χ1v) is 4.83. The molecule has 0 spiro atoms. The summed E-state index contributed by atoms with van der Waals surface area (Å²) in [6.07, 6.45) is 2.15. The van der Waals surface area contributed by atoms with Gasteiger partial charge < -0.3 is 15.5 Å². The van der Waals surface area contributed by atoms with Crippen LogP contribution in [-0.4, -0.2) is 11.9 Å². The van der Waals surface area contributed by atoms with Crippen molar-refractivity contribution in [3.63, 3.8) is 0 Å². The lowest BCUT2D eigenvalue weighted by Crippen LogP contribution is -2.24. The van der Waals surface area contributed by atoms with Crippen molar-refractivity contribution in [3.8, 4) is 0 Å². The fourth-order valence-electron chi connectivity index (χ4n) is 1.20. The maximum Gasteiger partial charge on any atom is 0.287 e. The molecule has 4 heteroatoms. The molecule has 3 N–H and O–H groups in total. The van der Waals surface area contributed by atoms with Crippen LogP contribution in [0.1, 0.15) is 42.1 Å². The van der Waals surface area contributed by atoms with Gasteiger partial charge in [0.2, 0.25) is 0 Å². The van der Waals surface area contributed by atoms with E-state index in [2.05, 4.69) is 5.32 Å². The lowest BCUT2D eigenvalue weighted by Gasteiger charge is -2.00. The zero-order valence-corrected chi connectivity index (χ0v) is 8.12. The van der Waals surface area contributed by atoms with Gasteiger partial charge in [-0.15, -0.1) is 0 Å². The minimum absolute atomic E-state index is 0.139. The van der Waals surface area contributed by atoms with Crippen LogP contribution < -0.4 is 11.1 Å². The fraction of sp³-hybridized carbons (Fsp3) is 0.500. The highest BCUT2D eigenvalue weighted by Crippen LogP contribution is 2.20. The van der Waals surface area contributed by atoms with Gasteiger partial charge in [-0.25, -0.2) is 0 Å². The Balaban J connectivity index is 2.03. The summed E-state index contributed by atoms with van der Waals surface area (Å²) in [5, 5.41) is 2.85. The molecule has 0 aromatic carbocycles. The Morgan fingerprint density at radius 2 is 2.36 bits per heavy atom. The summed E-state index contributed by atoms with van der Waals surface area (Å²) < 4.78 is 5.30. The number of carbonyl (C=O) groups is 1. The zero-order chi connectivity index (χ0) is 10.1. The number of rotatable bonds is 3. The number of furan rings is 1. The Morgan fingerprint density at radius 1 is 1.64 bits per heavy atom. The van der Waals surface area contributed by atoms with E-state index in [1.54, 1.807) is 12.1 Å². The van der Waals surface area contributed by atoms with Crippen LogP contribution in [0.15, 0.2) is 16.5 Å². The van der Waals surface area contributed by atoms with E-state index < -0.39 is 0 Å². The van der Waals surface area contributed by atoms with Crippen LogP contribution in [0, 0.1) is 0 Å². The van der Waals surface area contributed by atoms with Crippen LogP contribution in [0.4, 0.5) is 0 Å². The summed E-state index contributed by atoms with van der Waals surface area (Å²) in [5.74, 6) is 0.856. The predicted molar refractivity (Wildman–Crippen MR) is 51.8 cm³/mol. The summed E-state index contributed by atoms with van der Waals surface area (Å²) in [4.78, 5) is 11.5. The van der Waals surface area contributed by atoms with E-state index >= 15 is 0 Å². The van der Waals surface area contributed by atoms with E-state index in [0.717, 1.165) is 12.8 Å². The van der Waals surface area contributed by atoms with E-state index in [1.807, 2.05) is 6.92 Å². The van der Waals surface area contributed by atoms with Gasteiger partial charge in [0.25, 0.3) is 5.91 Å². The van der Waals surface area contributed by atoms with Crippen molar-refractivity contribution in [2.24, 2.45) is 5.73 Å². The normalized spacial score (nSPS) is 17.9. The Bertz CT molecular complexity index is 340. The third kappa shape index (κ3) is 1.96. The molecule has 2 rings (SSSR count). The minimum Gasteiger partial charge on any atom is -0.454 e. The molecule has 1 fully saturated rings. The fourth-order valence-corrected chi connectivity index (χ4v) is 1.20. The molecule has 1 atom stereocenters. The van der Waals surface area contributed by atoms with Crippen molar-refractivity contribution in [2.45, 2.75) is 31.8 Å². The van der Waals surface area contributed by atoms with Crippen LogP contribution >= 0.6 is 0 Å². The molecular weight excluding hydrogens is 180 g/mol. The zero-order valence-electron chi connectivity index (χ0n) is 8.12. The lowest BCUT2D eigenvalue weighted by atomic mass is 10.3. The maximum absolute atomic E-state index is 11.5. The highest BCUT2D eigenvalue weighted by molar-refractivity contribution is 5.91. The van der Waals surface area contributed by atoms with E-state index in [0.29, 0.717) is 17.6 Å². The average molecular weight is 194 g/mol. The van der Waals surface area contributed by atoms with Gasteiger partial charge in [0.1, 0.15) is 5.76 Å². The SMILES string of the molecule is CC(N)c1ccc(C(=O)NC2CC2)o1. The van der Waals surface area contributed by atoms with E-state index in [9.17, 15) is 4.79 Å². The van der Waals surface area contributed by atoms with Gasteiger partial charge >= 0.3 is 0 Å². The second kappa shape index (κ2) is 3.46. The molecule has 1 aromatic heterocycles. The number of nitrogens with one attached hydrogen (secondary N) is 1. The highest BCUT2D eigenvalue weighted by Gasteiger charge is 2.25. The molecule has 1 saturated carbocycles. The number of hydrogen-bond donors (Lipinski definition) is 2. The standard InChI is InChI=1S/C10H14N2O2/c1-6(11)8-4-5-9(14-8)10(13)12-7-2-3-7/h4-7H,2-3,11H2,1H3,(H,12,13). The Kier molecular flexibility index (Phi) is 2.29. The summed E-state index contributed by atoms with van der Waals surface area (Å²) in [6.45, 7) is 1.82. The molecule has 0 radical (unpaired) electrons. The van der Waals surface area contributed by atoms with Crippen LogP contribution in [0.3, 0.4) is 0 Å². The van der Waals surface area contributed by atoms with Crippen molar-refractivity contribution < 1.29 is 9.21 Å². The third-order valence-electron chi connectivity index (χ3n) is 2.21. The summed E-state index contributed by atoms with van der Waals surface area (Å²) in [5.41, 5.74) is 5.62. The van der Waals surface area contributed by atoms with Gasteiger partial charge in [-0.3, -0.25) is 4.79 Å². The maximum atomic E-state index is 11.5. The Hall–Kier alpha value is -1.29. The average Bonchev–Trinajstić information content (AvgIpc) is 2.81. The van der Waals surface area contributed by atoms with Crippen molar-refractivity contribution in [1.82, 2.24) is 5.32 Å². The molecule has 76 valence electrons. The van der Waals surface area contributed by atoms with Crippen LogP contribution in [0.5, 0.6) is 0 Å². The third-order valence-corrected chi connectivity index (χ3v) is 2.21. The highest BCUT2D eigenvalue weighted by atomic mass is 16.4. The smallest absolute Gasteiger partial charge is 0.287 e. The molecule has 1 aromatic rings. The number of carbonyl (C=O) groups excluding carboxylic acids is 1. The molecule has 4 nitrogen and oxygen atoms in total. The van der Waals surface area contributed by atoms with Gasteiger partial charge in [0, 0.05) is 6.04 Å². The van der Waals surface area contributed by atoms with Gasteiger partial charge in [0.15, 0.2) is 5.76 Å². The first-order chi connectivity index (χ1) is 6.66. The van der Waals surface area contributed by atoms with Gasteiger partial charge in [0.05, 0.1) is 6.04 Å². The van der Waals surface area contributed by atoms with Crippen molar-refractivity contribution >= 4 is 5.91 Å². The van der Waals surface area contributed by atoms with Crippen LogP contribution in [0.2, 0.25) is 0 Å². The first-order valence-electron chi connectivity index (χ1n) is 4.83. The summed E-state index contributed by atoms with van der Waals surface area (Å²) in [6, 6.07) is 3.59. The van der Waals surface area contributed by atoms with Gasteiger partial charge in [-0.05, 0) is 31.9 Å². The number of hydrogen-bond acceptors (Lipinski definition) is 3. The second-order valence-corrected chi connectivity index (χ2v) is 3.74. The first kappa shape index (κ1) is 9.27. The van der Waals surface area contributed by atoms with Crippen molar-refractivity contribution in [3.05, 3.63) is 23.7 Å². The van der Waals surface area contributed by atoms with E-state index in [-0.39, 0.29) is 11.9 Å². The molecule has 0 bridgehead atoms. The summed E-state index contributed by atoms with van der Waals surface area (Å²) >= 11 is 0. The van der Waals surface area contributed by atoms with Crippen LogP contribution in [-0.2, 0) is 0 Å². The van der Waals surface area contributed by atoms with Gasteiger partial charge in [-0.2, -0.15) is 0 Å². The molecule has 0 saturated heterocycles. The van der Waals surface area contributed by atoms with Crippen molar-refractivity contribution in [1.29, 1.82) is 0 Å². The monoisotopic (exact) mass is 194 g/mol. The molecule has 1 unspecified atom stereocenters. The van der Waals surface area contributed by atoms with Crippen LogP contribution in [0.25, 0.3) is 0 Å². The summed E-state index contributed by atoms with van der Waals surface area (Å²) in [7, 11) is 0. The quantitative estimate of drug-likeness (QED) is 0.759. The molecule has 1 heterocycles. The molecular formula is C10H14N2O2. The van der Waals surface area contributed by atoms with E-state index in [1.165, 1.54) is 0 Å². The Morgan fingerprint density at radius 3 is 2.86 bits per heavy atom. The second-order valence-electron chi connectivity index (χ2n) is 3.74. The topological polar surface area (TPSA) is 68.3 Å².